The average molecular weight is 284 g/mol. The predicted octanol–water partition coefficient (Wildman–Crippen LogP) is 2.27. The van der Waals surface area contributed by atoms with Crippen LogP contribution in [0.2, 0.25) is 0 Å². The first-order valence-electron chi connectivity index (χ1n) is 6.78. The Morgan fingerprint density at radius 3 is 3.00 bits per heavy atom. The molecule has 0 atom stereocenters. The van der Waals surface area contributed by atoms with Crippen LogP contribution < -0.4 is 9.64 Å². The quantitative estimate of drug-likeness (QED) is 0.792. The lowest BCUT2D eigenvalue weighted by Gasteiger charge is -2.20. The molecule has 1 aliphatic heterocycles. The summed E-state index contributed by atoms with van der Waals surface area (Å²) in [7, 11) is 1.37. The van der Waals surface area contributed by atoms with Crippen LogP contribution in [0.3, 0.4) is 0 Å². The van der Waals surface area contributed by atoms with Gasteiger partial charge in [-0.1, -0.05) is 12.1 Å². The summed E-state index contributed by atoms with van der Waals surface area (Å²) in [6, 6.07) is 11.2. The van der Waals surface area contributed by atoms with Crippen LogP contribution in [-0.2, 0) is 11.3 Å². The van der Waals surface area contributed by atoms with Gasteiger partial charge in [0.05, 0.1) is 19.2 Å². The number of rotatable bonds is 2. The topological polar surface area (TPSA) is 51.7 Å². The zero-order valence-electron chi connectivity index (χ0n) is 11.8. The molecule has 1 aromatic carbocycles. The molecule has 0 unspecified atom stereocenters. The standard InChI is InChI=1S/C16H16N2O3/c1-20-16(19)12-5-6-13-11-18(8-9-21-14(13)10-12)15-4-2-3-7-17-15/h2-7,10H,8-9,11H2,1H3. The normalized spacial score (nSPS) is 13.9. The number of carbonyl (C=O) groups excluding carboxylic acids is 1. The molecule has 0 amide bonds. The number of fused-ring (bicyclic) bond motifs is 1. The van der Waals surface area contributed by atoms with E-state index >= 15 is 0 Å². The van der Waals surface area contributed by atoms with Gasteiger partial charge in [0, 0.05) is 18.3 Å². The van der Waals surface area contributed by atoms with Crippen LogP contribution in [0.25, 0.3) is 0 Å². The van der Waals surface area contributed by atoms with Crippen molar-refractivity contribution in [1.82, 2.24) is 4.98 Å². The summed E-state index contributed by atoms with van der Waals surface area (Å²) < 4.78 is 10.5. The number of aromatic nitrogens is 1. The minimum Gasteiger partial charge on any atom is -0.491 e. The van der Waals surface area contributed by atoms with E-state index in [4.69, 9.17) is 9.47 Å². The molecule has 3 rings (SSSR count). The van der Waals surface area contributed by atoms with Crippen molar-refractivity contribution < 1.29 is 14.3 Å². The molecule has 2 heterocycles. The molecule has 5 heteroatoms. The Morgan fingerprint density at radius 1 is 1.33 bits per heavy atom. The molecule has 0 bridgehead atoms. The van der Waals surface area contributed by atoms with Crippen molar-refractivity contribution in [3.63, 3.8) is 0 Å². The second-order valence-electron chi connectivity index (χ2n) is 4.77. The van der Waals surface area contributed by atoms with E-state index in [1.165, 1.54) is 7.11 Å². The van der Waals surface area contributed by atoms with Crippen molar-refractivity contribution in [3.8, 4) is 5.75 Å². The third kappa shape index (κ3) is 2.81. The maximum atomic E-state index is 11.6. The fraction of sp³-hybridized carbons (Fsp3) is 0.250. The van der Waals surface area contributed by atoms with Gasteiger partial charge in [0.1, 0.15) is 18.2 Å². The lowest BCUT2D eigenvalue weighted by atomic mass is 10.1. The molecule has 0 aliphatic carbocycles. The Bertz CT molecular complexity index is 643. The number of benzene rings is 1. The van der Waals surface area contributed by atoms with Gasteiger partial charge in [0.15, 0.2) is 0 Å². The van der Waals surface area contributed by atoms with Gasteiger partial charge < -0.3 is 14.4 Å². The smallest absolute Gasteiger partial charge is 0.337 e. The Kier molecular flexibility index (Phi) is 3.73. The van der Waals surface area contributed by atoms with E-state index in [2.05, 4.69) is 9.88 Å². The van der Waals surface area contributed by atoms with Crippen LogP contribution >= 0.6 is 0 Å². The molecule has 2 aromatic rings. The number of hydrogen-bond donors (Lipinski definition) is 0. The van der Waals surface area contributed by atoms with Crippen molar-refractivity contribution in [3.05, 3.63) is 53.7 Å². The fourth-order valence-corrected chi connectivity index (χ4v) is 2.35. The molecule has 108 valence electrons. The molecular weight excluding hydrogens is 268 g/mol. The van der Waals surface area contributed by atoms with Gasteiger partial charge in [-0.15, -0.1) is 0 Å². The zero-order valence-corrected chi connectivity index (χ0v) is 11.8. The monoisotopic (exact) mass is 284 g/mol. The number of ether oxygens (including phenoxy) is 2. The van der Waals surface area contributed by atoms with Gasteiger partial charge >= 0.3 is 5.97 Å². The minimum atomic E-state index is -0.354. The molecule has 0 spiro atoms. The zero-order chi connectivity index (χ0) is 14.7. The summed E-state index contributed by atoms with van der Waals surface area (Å²) in [6.45, 7) is 2.00. The number of hydrogen-bond acceptors (Lipinski definition) is 5. The van der Waals surface area contributed by atoms with E-state index in [0.717, 1.165) is 23.7 Å². The van der Waals surface area contributed by atoms with E-state index in [1.54, 1.807) is 18.3 Å². The van der Waals surface area contributed by atoms with Gasteiger partial charge in [0.2, 0.25) is 0 Å². The Hall–Kier alpha value is -2.56. The molecule has 0 N–H and O–H groups in total. The molecule has 0 saturated carbocycles. The second kappa shape index (κ2) is 5.83. The van der Waals surface area contributed by atoms with Gasteiger partial charge in [-0.05, 0) is 24.3 Å². The summed E-state index contributed by atoms with van der Waals surface area (Å²) in [5.41, 5.74) is 1.54. The highest BCUT2D eigenvalue weighted by atomic mass is 16.5. The molecule has 1 aliphatic rings. The van der Waals surface area contributed by atoms with Crippen LogP contribution in [0, 0.1) is 0 Å². The SMILES string of the molecule is COC(=O)c1ccc2c(c1)OCCN(c1ccccn1)C2. The first-order valence-corrected chi connectivity index (χ1v) is 6.78. The number of esters is 1. The van der Waals surface area contributed by atoms with E-state index in [9.17, 15) is 4.79 Å². The van der Waals surface area contributed by atoms with Crippen molar-refractivity contribution in [2.75, 3.05) is 25.2 Å². The first kappa shape index (κ1) is 13.4. The summed E-state index contributed by atoms with van der Waals surface area (Å²) >= 11 is 0. The Morgan fingerprint density at radius 2 is 2.24 bits per heavy atom. The molecule has 21 heavy (non-hydrogen) atoms. The van der Waals surface area contributed by atoms with Gasteiger partial charge in [-0.3, -0.25) is 0 Å². The number of anilines is 1. The van der Waals surface area contributed by atoms with Crippen molar-refractivity contribution >= 4 is 11.8 Å². The van der Waals surface area contributed by atoms with E-state index in [0.29, 0.717) is 18.7 Å². The predicted molar refractivity (Wildman–Crippen MR) is 78.6 cm³/mol. The van der Waals surface area contributed by atoms with Crippen molar-refractivity contribution in [2.24, 2.45) is 0 Å². The molecule has 0 saturated heterocycles. The van der Waals surface area contributed by atoms with E-state index in [1.807, 2.05) is 24.3 Å². The van der Waals surface area contributed by atoms with Crippen LogP contribution in [0.15, 0.2) is 42.6 Å². The lowest BCUT2D eigenvalue weighted by Crippen LogP contribution is -2.25. The highest BCUT2D eigenvalue weighted by molar-refractivity contribution is 5.90. The van der Waals surface area contributed by atoms with Gasteiger partial charge in [-0.2, -0.15) is 0 Å². The third-order valence-electron chi connectivity index (χ3n) is 3.44. The maximum absolute atomic E-state index is 11.6. The van der Waals surface area contributed by atoms with Crippen LogP contribution in [0.5, 0.6) is 5.75 Å². The highest BCUT2D eigenvalue weighted by Gasteiger charge is 2.18. The Balaban J connectivity index is 1.88. The van der Waals surface area contributed by atoms with E-state index < -0.39 is 0 Å². The number of pyridine rings is 1. The van der Waals surface area contributed by atoms with Crippen LogP contribution in [0.4, 0.5) is 5.82 Å². The molecule has 0 fully saturated rings. The van der Waals surface area contributed by atoms with Gasteiger partial charge in [-0.25, -0.2) is 9.78 Å². The third-order valence-corrected chi connectivity index (χ3v) is 3.44. The molecule has 5 nitrogen and oxygen atoms in total. The van der Waals surface area contributed by atoms with E-state index in [-0.39, 0.29) is 5.97 Å². The second-order valence-corrected chi connectivity index (χ2v) is 4.77. The first-order chi connectivity index (χ1) is 10.3. The maximum Gasteiger partial charge on any atom is 0.337 e. The molecular formula is C16H16N2O3. The summed E-state index contributed by atoms with van der Waals surface area (Å²) in [4.78, 5) is 18.1. The van der Waals surface area contributed by atoms with Crippen LogP contribution in [-0.4, -0.2) is 31.2 Å². The van der Waals surface area contributed by atoms with Crippen molar-refractivity contribution in [2.45, 2.75) is 6.54 Å². The lowest BCUT2D eigenvalue weighted by molar-refractivity contribution is 0.0600. The number of nitrogens with zero attached hydrogens (tertiary/aromatic N) is 2. The van der Waals surface area contributed by atoms with Crippen LogP contribution in [0.1, 0.15) is 15.9 Å². The summed E-state index contributed by atoms with van der Waals surface area (Å²) in [5, 5.41) is 0. The fourth-order valence-electron chi connectivity index (χ4n) is 2.35. The number of methoxy groups -OCH3 is 1. The largest absolute Gasteiger partial charge is 0.491 e. The summed E-state index contributed by atoms with van der Waals surface area (Å²) in [6.07, 6.45) is 1.78. The molecule has 0 radical (unpaired) electrons. The molecule has 1 aromatic heterocycles. The van der Waals surface area contributed by atoms with Gasteiger partial charge in [0.25, 0.3) is 0 Å². The number of carbonyl (C=O) groups is 1. The average Bonchev–Trinajstić information content (AvgIpc) is 2.76. The minimum absolute atomic E-state index is 0.354. The highest BCUT2D eigenvalue weighted by Crippen LogP contribution is 2.26. The Labute approximate surface area is 123 Å². The van der Waals surface area contributed by atoms with Crippen molar-refractivity contribution in [1.29, 1.82) is 0 Å². The summed E-state index contributed by atoms with van der Waals surface area (Å²) in [5.74, 6) is 1.30.